The second-order valence-corrected chi connectivity index (χ2v) is 7.04. The van der Waals surface area contributed by atoms with E-state index in [-0.39, 0.29) is 17.6 Å². The molecule has 6 heteroatoms. The van der Waals surface area contributed by atoms with E-state index in [1.165, 1.54) is 23.5 Å². The van der Waals surface area contributed by atoms with Gasteiger partial charge in [0.15, 0.2) is 0 Å². The summed E-state index contributed by atoms with van der Waals surface area (Å²) in [7, 11) is 0. The lowest BCUT2D eigenvalue weighted by molar-refractivity contribution is 0.0931. The van der Waals surface area contributed by atoms with Crippen LogP contribution in [0.3, 0.4) is 0 Å². The van der Waals surface area contributed by atoms with E-state index in [9.17, 15) is 14.3 Å². The highest BCUT2D eigenvalue weighted by molar-refractivity contribution is 7.14. The first-order valence-electron chi connectivity index (χ1n) is 7.58. The van der Waals surface area contributed by atoms with Crippen LogP contribution in [0.2, 0.25) is 0 Å². The predicted molar refractivity (Wildman–Crippen MR) is 89.1 cm³/mol. The molecule has 1 aromatic carbocycles. The number of aryl methyl sites for hydroxylation is 1. The number of thiophene rings is 1. The molecule has 1 aliphatic heterocycles. The van der Waals surface area contributed by atoms with Crippen molar-refractivity contribution in [3.05, 3.63) is 45.9 Å². The van der Waals surface area contributed by atoms with Crippen LogP contribution in [0.5, 0.6) is 0 Å². The Balaban J connectivity index is 1.69. The summed E-state index contributed by atoms with van der Waals surface area (Å²) in [4.78, 5) is 13.9. The third-order valence-corrected chi connectivity index (χ3v) is 5.18. The van der Waals surface area contributed by atoms with Crippen molar-refractivity contribution in [3.63, 3.8) is 0 Å². The molecule has 3 rings (SSSR count). The standard InChI is InChI=1S/C17H19FN2O2S/c1-10-14(11-2-4-13(18)5-3-11)6-16(23-10)17(22)20-8-12-7-19-9-15(12)21/h2-6,12,15,19,21H,7-9H2,1H3,(H,20,22). The Kier molecular flexibility index (Phi) is 4.75. The van der Waals surface area contributed by atoms with Crippen LogP contribution >= 0.6 is 11.3 Å². The fourth-order valence-electron chi connectivity index (χ4n) is 2.75. The first-order chi connectivity index (χ1) is 11.0. The normalized spacial score (nSPS) is 20.7. The lowest BCUT2D eigenvalue weighted by atomic mass is 10.1. The molecule has 4 nitrogen and oxygen atoms in total. The molecule has 0 aliphatic carbocycles. The SMILES string of the molecule is Cc1sc(C(=O)NCC2CNCC2O)cc1-c1ccc(F)cc1. The molecule has 23 heavy (non-hydrogen) atoms. The van der Waals surface area contributed by atoms with Gasteiger partial charge in [-0.2, -0.15) is 0 Å². The number of aliphatic hydroxyl groups is 1. The Hall–Kier alpha value is -1.76. The third-order valence-electron chi connectivity index (χ3n) is 4.13. The van der Waals surface area contributed by atoms with Crippen molar-refractivity contribution in [2.75, 3.05) is 19.6 Å². The Morgan fingerprint density at radius 1 is 1.39 bits per heavy atom. The van der Waals surface area contributed by atoms with Gasteiger partial charge in [0.1, 0.15) is 5.82 Å². The molecule has 0 bridgehead atoms. The van der Waals surface area contributed by atoms with Gasteiger partial charge in [-0.3, -0.25) is 4.79 Å². The molecule has 0 radical (unpaired) electrons. The monoisotopic (exact) mass is 334 g/mol. The Morgan fingerprint density at radius 3 is 2.78 bits per heavy atom. The van der Waals surface area contributed by atoms with Gasteiger partial charge in [-0.15, -0.1) is 11.3 Å². The molecular formula is C17H19FN2O2S. The van der Waals surface area contributed by atoms with Crippen LogP contribution in [-0.4, -0.2) is 36.8 Å². The van der Waals surface area contributed by atoms with Gasteiger partial charge in [0.25, 0.3) is 5.91 Å². The van der Waals surface area contributed by atoms with Crippen molar-refractivity contribution >= 4 is 17.2 Å². The molecule has 1 amide bonds. The molecule has 0 saturated carbocycles. The highest BCUT2D eigenvalue weighted by Crippen LogP contribution is 2.31. The molecule has 122 valence electrons. The van der Waals surface area contributed by atoms with E-state index in [0.717, 1.165) is 16.0 Å². The molecule has 1 fully saturated rings. The molecule has 1 saturated heterocycles. The summed E-state index contributed by atoms with van der Waals surface area (Å²) < 4.78 is 13.0. The maximum Gasteiger partial charge on any atom is 0.261 e. The molecule has 2 heterocycles. The molecule has 1 aliphatic rings. The first kappa shape index (κ1) is 16.1. The van der Waals surface area contributed by atoms with Crippen molar-refractivity contribution in [1.29, 1.82) is 0 Å². The average Bonchev–Trinajstić information content (AvgIpc) is 3.12. The maximum atomic E-state index is 13.0. The smallest absolute Gasteiger partial charge is 0.261 e. The number of amides is 1. The largest absolute Gasteiger partial charge is 0.391 e. The summed E-state index contributed by atoms with van der Waals surface area (Å²) in [5, 5.41) is 15.7. The number of benzene rings is 1. The summed E-state index contributed by atoms with van der Waals surface area (Å²) in [5.41, 5.74) is 1.84. The first-order valence-corrected chi connectivity index (χ1v) is 8.39. The van der Waals surface area contributed by atoms with Crippen LogP contribution in [0.1, 0.15) is 14.5 Å². The van der Waals surface area contributed by atoms with Crippen LogP contribution < -0.4 is 10.6 Å². The van der Waals surface area contributed by atoms with Crippen LogP contribution in [0.15, 0.2) is 30.3 Å². The minimum absolute atomic E-state index is 0.0524. The van der Waals surface area contributed by atoms with Gasteiger partial charge < -0.3 is 15.7 Å². The zero-order chi connectivity index (χ0) is 16.4. The Morgan fingerprint density at radius 2 is 2.13 bits per heavy atom. The van der Waals surface area contributed by atoms with Gasteiger partial charge in [-0.25, -0.2) is 4.39 Å². The number of β-amino-alcohol motifs (C(OH)–C–C–N with tert-alkyl or cyclic N) is 1. The molecule has 2 aromatic rings. The van der Waals surface area contributed by atoms with E-state index in [1.54, 1.807) is 12.1 Å². The highest BCUT2D eigenvalue weighted by Gasteiger charge is 2.25. The van der Waals surface area contributed by atoms with Gasteiger partial charge in [0.2, 0.25) is 0 Å². The number of carbonyl (C=O) groups excluding carboxylic acids is 1. The Bertz CT molecular complexity index is 699. The zero-order valence-electron chi connectivity index (χ0n) is 12.8. The number of hydrogen-bond donors (Lipinski definition) is 3. The van der Waals surface area contributed by atoms with E-state index in [2.05, 4.69) is 10.6 Å². The minimum Gasteiger partial charge on any atom is -0.391 e. The summed E-state index contributed by atoms with van der Waals surface area (Å²) in [6.45, 7) is 3.69. The number of nitrogens with one attached hydrogen (secondary N) is 2. The van der Waals surface area contributed by atoms with Gasteiger partial charge in [-0.05, 0) is 36.2 Å². The van der Waals surface area contributed by atoms with Crippen molar-refractivity contribution in [2.24, 2.45) is 5.92 Å². The van der Waals surface area contributed by atoms with E-state index in [1.807, 2.05) is 13.0 Å². The number of hydrogen-bond acceptors (Lipinski definition) is 4. The second kappa shape index (κ2) is 6.78. The minimum atomic E-state index is -0.407. The van der Waals surface area contributed by atoms with Crippen molar-refractivity contribution in [1.82, 2.24) is 10.6 Å². The van der Waals surface area contributed by atoms with E-state index in [0.29, 0.717) is 24.5 Å². The summed E-state index contributed by atoms with van der Waals surface area (Å²) in [5.74, 6) is -0.356. The van der Waals surface area contributed by atoms with Crippen molar-refractivity contribution in [2.45, 2.75) is 13.0 Å². The zero-order valence-corrected chi connectivity index (χ0v) is 13.6. The van der Waals surface area contributed by atoms with E-state index >= 15 is 0 Å². The van der Waals surface area contributed by atoms with Gasteiger partial charge in [0.05, 0.1) is 11.0 Å². The number of aliphatic hydroxyl groups excluding tert-OH is 1. The van der Waals surface area contributed by atoms with Crippen molar-refractivity contribution < 1.29 is 14.3 Å². The van der Waals surface area contributed by atoms with Crippen LogP contribution in [0.4, 0.5) is 4.39 Å². The summed E-state index contributed by atoms with van der Waals surface area (Å²) in [6, 6.07) is 8.10. The van der Waals surface area contributed by atoms with Gasteiger partial charge in [0, 0.05) is 30.4 Å². The van der Waals surface area contributed by atoms with Crippen LogP contribution in [0.25, 0.3) is 11.1 Å². The lowest BCUT2D eigenvalue weighted by Crippen LogP contribution is -2.34. The molecular weight excluding hydrogens is 315 g/mol. The summed E-state index contributed by atoms with van der Waals surface area (Å²) in [6.07, 6.45) is -0.407. The van der Waals surface area contributed by atoms with Gasteiger partial charge >= 0.3 is 0 Å². The van der Waals surface area contributed by atoms with Crippen LogP contribution in [0, 0.1) is 18.7 Å². The number of halogens is 1. The summed E-state index contributed by atoms with van der Waals surface area (Å²) >= 11 is 1.42. The fourth-order valence-corrected chi connectivity index (χ4v) is 3.71. The van der Waals surface area contributed by atoms with E-state index < -0.39 is 6.10 Å². The van der Waals surface area contributed by atoms with E-state index in [4.69, 9.17) is 0 Å². The van der Waals surface area contributed by atoms with Crippen molar-refractivity contribution in [3.8, 4) is 11.1 Å². The van der Waals surface area contributed by atoms with Crippen LogP contribution in [-0.2, 0) is 0 Å². The number of carbonyl (C=O) groups is 1. The lowest BCUT2D eigenvalue weighted by Gasteiger charge is -2.13. The average molecular weight is 334 g/mol. The molecule has 2 unspecified atom stereocenters. The second-order valence-electron chi connectivity index (χ2n) is 5.78. The van der Waals surface area contributed by atoms with Gasteiger partial charge in [-0.1, -0.05) is 12.1 Å². The highest BCUT2D eigenvalue weighted by atomic mass is 32.1. The third kappa shape index (κ3) is 3.60. The molecule has 3 N–H and O–H groups in total. The maximum absolute atomic E-state index is 13.0. The molecule has 0 spiro atoms. The number of rotatable bonds is 4. The quantitative estimate of drug-likeness (QED) is 0.803. The Labute approximate surface area is 138 Å². The molecule has 2 atom stereocenters. The topological polar surface area (TPSA) is 61.4 Å². The fraction of sp³-hybridized carbons (Fsp3) is 0.353. The predicted octanol–water partition coefficient (Wildman–Crippen LogP) is 2.17. The molecule has 1 aromatic heterocycles.